The zero-order chi connectivity index (χ0) is 26.7. The van der Waals surface area contributed by atoms with Crippen LogP contribution in [0.2, 0.25) is 0 Å². The van der Waals surface area contributed by atoms with Crippen LogP contribution in [0.4, 0.5) is 0 Å². The molecule has 1 fully saturated rings. The van der Waals surface area contributed by atoms with Crippen molar-refractivity contribution >= 4 is 23.0 Å². The van der Waals surface area contributed by atoms with Crippen molar-refractivity contribution in [2.45, 2.75) is 0 Å². The fourth-order valence-corrected chi connectivity index (χ4v) is 3.91. The quantitative estimate of drug-likeness (QED) is 0.338. The monoisotopic (exact) mass is 516 g/mol. The number of carbonyl (C=O) groups is 2. The Balaban J connectivity index is 0.000000368. The highest BCUT2D eigenvalue weighted by Gasteiger charge is 2.15. The maximum absolute atomic E-state index is 9.55. The van der Waals surface area contributed by atoms with E-state index in [4.69, 9.17) is 24.8 Å². The molecule has 196 valence electrons. The number of carboxylic acids is 2. The summed E-state index contributed by atoms with van der Waals surface area (Å²) in [6.45, 7) is 5.10. The number of morpholine rings is 1. The number of rotatable bonds is 8. The van der Waals surface area contributed by atoms with E-state index in [2.05, 4.69) is 28.1 Å². The number of fused-ring (bicyclic) bond motifs is 1. The summed E-state index contributed by atoms with van der Waals surface area (Å²) in [5, 5.41) is 21.6. The van der Waals surface area contributed by atoms with E-state index in [1.807, 2.05) is 53.2 Å². The van der Waals surface area contributed by atoms with E-state index < -0.39 is 11.9 Å². The van der Waals surface area contributed by atoms with Gasteiger partial charge in [0.15, 0.2) is 5.65 Å². The Bertz CT molecular complexity index is 1380. The molecular weight excluding hydrogens is 488 g/mol. The number of pyridine rings is 1. The molecule has 0 bridgehead atoms. The molecule has 0 spiro atoms. The third-order valence-corrected chi connectivity index (χ3v) is 5.70. The Hall–Kier alpha value is -4.54. The van der Waals surface area contributed by atoms with Crippen molar-refractivity contribution in [1.82, 2.24) is 19.7 Å². The lowest BCUT2D eigenvalue weighted by Gasteiger charge is -2.26. The number of hydrogen-bond donors (Lipinski definition) is 2. The number of ether oxygens (including phenoxy) is 2. The van der Waals surface area contributed by atoms with E-state index in [1.165, 1.54) is 0 Å². The van der Waals surface area contributed by atoms with E-state index in [0.29, 0.717) is 18.8 Å². The van der Waals surface area contributed by atoms with Crippen molar-refractivity contribution in [3.63, 3.8) is 0 Å². The molecule has 4 aromatic rings. The summed E-state index contributed by atoms with van der Waals surface area (Å²) < 4.78 is 13.3. The summed E-state index contributed by atoms with van der Waals surface area (Å²) in [4.78, 5) is 26.1. The van der Waals surface area contributed by atoms with Crippen LogP contribution in [0.25, 0.3) is 28.0 Å². The first kappa shape index (κ1) is 26.5. The van der Waals surface area contributed by atoms with Crippen LogP contribution in [-0.4, -0.2) is 81.3 Å². The van der Waals surface area contributed by atoms with E-state index in [9.17, 15) is 9.59 Å². The van der Waals surface area contributed by atoms with Gasteiger partial charge < -0.3 is 19.7 Å². The van der Waals surface area contributed by atoms with Crippen molar-refractivity contribution in [1.29, 1.82) is 0 Å². The summed E-state index contributed by atoms with van der Waals surface area (Å²) in [7, 11) is 0. The summed E-state index contributed by atoms with van der Waals surface area (Å²) >= 11 is 0. The summed E-state index contributed by atoms with van der Waals surface area (Å²) in [5.41, 5.74) is 3.77. The largest absolute Gasteiger partial charge is 0.492 e. The first-order valence-electron chi connectivity index (χ1n) is 12.1. The first-order valence-corrected chi connectivity index (χ1v) is 12.1. The van der Waals surface area contributed by atoms with Crippen LogP contribution in [-0.2, 0) is 14.3 Å². The van der Waals surface area contributed by atoms with Gasteiger partial charge >= 0.3 is 11.9 Å². The minimum absolute atomic E-state index is 0.558. The molecule has 10 nitrogen and oxygen atoms in total. The Morgan fingerprint density at radius 1 is 0.947 bits per heavy atom. The Labute approximate surface area is 219 Å². The van der Waals surface area contributed by atoms with Gasteiger partial charge in [0.1, 0.15) is 18.1 Å². The molecule has 2 N–H and O–H groups in total. The van der Waals surface area contributed by atoms with E-state index in [0.717, 1.165) is 66.6 Å². The molecule has 10 heteroatoms. The molecule has 2 aromatic carbocycles. The predicted molar refractivity (Wildman–Crippen MR) is 141 cm³/mol. The van der Waals surface area contributed by atoms with Gasteiger partial charge in [0.2, 0.25) is 0 Å². The van der Waals surface area contributed by atoms with Crippen molar-refractivity contribution in [2.75, 3.05) is 39.5 Å². The highest BCUT2D eigenvalue weighted by Crippen LogP contribution is 2.29. The molecule has 2 aromatic heterocycles. The van der Waals surface area contributed by atoms with Crippen LogP contribution >= 0.6 is 0 Å². The van der Waals surface area contributed by atoms with Gasteiger partial charge in [-0.05, 0) is 24.3 Å². The van der Waals surface area contributed by atoms with Gasteiger partial charge in [0.05, 0.1) is 18.9 Å². The molecule has 1 aliphatic heterocycles. The van der Waals surface area contributed by atoms with E-state index in [-0.39, 0.29) is 0 Å². The Morgan fingerprint density at radius 3 is 2.39 bits per heavy atom. The average molecular weight is 517 g/mol. The molecule has 1 aliphatic rings. The highest BCUT2D eigenvalue weighted by atomic mass is 16.5. The molecular formula is C28H28N4O6. The van der Waals surface area contributed by atoms with Crippen LogP contribution in [0.15, 0.2) is 85.1 Å². The SMILES string of the molecule is O=C(O)/C=C\C(=O)O.c1ccc(-c2nn(-c3cccc(OCCN4CCOCC4)c3)c3ncccc23)cc1. The molecule has 0 radical (unpaired) electrons. The van der Waals surface area contributed by atoms with Gasteiger partial charge in [-0.3, -0.25) is 4.90 Å². The lowest BCUT2D eigenvalue weighted by molar-refractivity contribution is -0.134. The van der Waals surface area contributed by atoms with Crippen LogP contribution in [0.3, 0.4) is 0 Å². The number of aliphatic carboxylic acids is 2. The number of nitrogens with zero attached hydrogens (tertiary/aromatic N) is 4. The fourth-order valence-electron chi connectivity index (χ4n) is 3.91. The van der Waals surface area contributed by atoms with Gasteiger partial charge in [-0.15, -0.1) is 0 Å². The predicted octanol–water partition coefficient (Wildman–Crippen LogP) is 3.51. The maximum atomic E-state index is 9.55. The first-order chi connectivity index (χ1) is 18.5. The normalized spacial score (nSPS) is 13.7. The molecule has 0 atom stereocenters. The molecule has 0 amide bonds. The number of benzene rings is 2. The Morgan fingerprint density at radius 2 is 1.68 bits per heavy atom. The minimum Gasteiger partial charge on any atom is -0.492 e. The summed E-state index contributed by atoms with van der Waals surface area (Å²) in [5.74, 6) is -1.68. The molecule has 0 unspecified atom stereocenters. The van der Waals surface area contributed by atoms with E-state index in [1.54, 1.807) is 6.20 Å². The standard InChI is InChI=1S/C24H24N4O2.C4H4O4/c1-2-6-19(7-3-1)23-22-10-5-11-25-24(22)28(26-23)20-8-4-9-21(18-20)30-17-14-27-12-15-29-16-13-27;5-3(6)1-2-4(7)8/h1-11,18H,12-17H2;1-2H,(H,5,6)(H,7,8)/b;2-1-. The number of aromatic nitrogens is 3. The van der Waals surface area contributed by atoms with Gasteiger partial charge in [-0.25, -0.2) is 19.3 Å². The van der Waals surface area contributed by atoms with Crippen molar-refractivity contribution in [2.24, 2.45) is 0 Å². The molecule has 1 saturated heterocycles. The highest BCUT2D eigenvalue weighted by molar-refractivity contribution is 5.92. The zero-order valence-corrected chi connectivity index (χ0v) is 20.6. The second-order valence-electron chi connectivity index (χ2n) is 8.31. The van der Waals surface area contributed by atoms with Crippen LogP contribution in [0.1, 0.15) is 0 Å². The third kappa shape index (κ3) is 7.25. The fraction of sp³-hybridized carbons (Fsp3) is 0.214. The summed E-state index contributed by atoms with van der Waals surface area (Å²) in [6, 6.07) is 22.3. The second-order valence-corrected chi connectivity index (χ2v) is 8.31. The third-order valence-electron chi connectivity index (χ3n) is 5.70. The smallest absolute Gasteiger partial charge is 0.328 e. The lowest BCUT2D eigenvalue weighted by atomic mass is 10.1. The van der Waals surface area contributed by atoms with Gasteiger partial charge in [-0.1, -0.05) is 36.4 Å². The topological polar surface area (TPSA) is 127 Å². The molecule has 5 rings (SSSR count). The zero-order valence-electron chi connectivity index (χ0n) is 20.6. The molecule has 0 aliphatic carbocycles. The van der Waals surface area contributed by atoms with Crippen LogP contribution in [0.5, 0.6) is 5.75 Å². The molecule has 3 heterocycles. The number of hydrogen-bond acceptors (Lipinski definition) is 7. The van der Waals surface area contributed by atoms with Crippen LogP contribution < -0.4 is 4.74 Å². The molecule has 0 saturated carbocycles. The van der Waals surface area contributed by atoms with Crippen LogP contribution in [0, 0.1) is 0 Å². The van der Waals surface area contributed by atoms with E-state index >= 15 is 0 Å². The lowest BCUT2D eigenvalue weighted by Crippen LogP contribution is -2.38. The average Bonchev–Trinajstić information content (AvgIpc) is 3.33. The van der Waals surface area contributed by atoms with Gasteiger partial charge in [0.25, 0.3) is 0 Å². The molecule has 38 heavy (non-hydrogen) atoms. The number of carboxylic acid groups (broad SMARTS) is 2. The van der Waals surface area contributed by atoms with Gasteiger partial charge in [0, 0.05) is 55.0 Å². The minimum atomic E-state index is -1.26. The second kappa shape index (κ2) is 13.1. The van der Waals surface area contributed by atoms with Crippen molar-refractivity contribution in [3.8, 4) is 22.7 Å². The van der Waals surface area contributed by atoms with Crippen molar-refractivity contribution in [3.05, 3.63) is 85.1 Å². The summed E-state index contributed by atoms with van der Waals surface area (Å²) in [6.07, 6.45) is 2.92. The maximum Gasteiger partial charge on any atom is 0.328 e. The van der Waals surface area contributed by atoms with Crippen molar-refractivity contribution < 1.29 is 29.3 Å². The Kier molecular flexibility index (Phi) is 9.17. The van der Waals surface area contributed by atoms with Gasteiger partial charge in [-0.2, -0.15) is 5.10 Å².